The molecule has 0 fully saturated rings. The van der Waals surface area contributed by atoms with E-state index in [2.05, 4.69) is 4.98 Å². The quantitative estimate of drug-likeness (QED) is 0.664. The summed E-state index contributed by atoms with van der Waals surface area (Å²) in [5.74, 6) is -0.400. The van der Waals surface area contributed by atoms with Crippen LogP contribution in [0, 0.1) is 6.92 Å². The number of rotatable bonds is 6. The maximum Gasteiger partial charge on any atom is 0.261 e. The first-order valence-electron chi connectivity index (χ1n) is 10.2. The number of H-pyrrole nitrogens is 1. The van der Waals surface area contributed by atoms with Gasteiger partial charge in [-0.25, -0.2) is 0 Å². The Balaban J connectivity index is 1.79. The lowest BCUT2D eigenvalue weighted by Crippen LogP contribution is -2.34. The van der Waals surface area contributed by atoms with Gasteiger partial charge in [0.1, 0.15) is 5.56 Å². The van der Waals surface area contributed by atoms with Crippen molar-refractivity contribution in [1.29, 1.82) is 0 Å². The van der Waals surface area contributed by atoms with Crippen molar-refractivity contribution in [1.82, 2.24) is 14.8 Å². The number of carbonyl (C=O) groups excluding carboxylic acids is 2. The molecule has 0 saturated heterocycles. The third-order valence-electron chi connectivity index (χ3n) is 5.12. The van der Waals surface area contributed by atoms with Crippen LogP contribution in [0.5, 0.6) is 0 Å². The highest BCUT2D eigenvalue weighted by Crippen LogP contribution is 2.18. The molecule has 0 aliphatic rings. The van der Waals surface area contributed by atoms with Crippen LogP contribution in [0.2, 0.25) is 0 Å². The molecule has 0 aliphatic carbocycles. The zero-order chi connectivity index (χ0) is 22.5. The van der Waals surface area contributed by atoms with Gasteiger partial charge in [0.2, 0.25) is 0 Å². The summed E-state index contributed by atoms with van der Waals surface area (Å²) in [6.07, 6.45) is 0. The zero-order valence-corrected chi connectivity index (χ0v) is 18.3. The van der Waals surface area contributed by atoms with Gasteiger partial charge >= 0.3 is 0 Å². The summed E-state index contributed by atoms with van der Waals surface area (Å²) in [4.78, 5) is 43.7. The number of nitrogens with zero attached hydrogens (tertiary/aromatic N) is 2. The summed E-state index contributed by atoms with van der Waals surface area (Å²) in [5.41, 5.74) is 3.84. The van der Waals surface area contributed by atoms with E-state index >= 15 is 0 Å². The minimum absolute atomic E-state index is 0.0739. The first-order valence-corrected chi connectivity index (χ1v) is 10.2. The van der Waals surface area contributed by atoms with Gasteiger partial charge in [-0.3, -0.25) is 14.4 Å². The highest BCUT2D eigenvalue weighted by molar-refractivity contribution is 5.94. The lowest BCUT2D eigenvalue weighted by Gasteiger charge is -2.21. The Morgan fingerprint density at radius 1 is 0.935 bits per heavy atom. The summed E-state index contributed by atoms with van der Waals surface area (Å²) in [5, 5.41) is 0. The second kappa shape index (κ2) is 9.43. The number of amides is 2. The van der Waals surface area contributed by atoms with Crippen LogP contribution in [-0.2, 0) is 6.54 Å². The number of aryl methyl sites for hydroxylation is 1. The second-order valence-electron chi connectivity index (χ2n) is 7.70. The van der Waals surface area contributed by atoms with Gasteiger partial charge in [-0.15, -0.1) is 0 Å². The molecule has 0 saturated carbocycles. The predicted molar refractivity (Wildman–Crippen MR) is 122 cm³/mol. The molecule has 1 N–H and O–H groups in total. The van der Waals surface area contributed by atoms with Crippen LogP contribution in [0.25, 0.3) is 11.3 Å². The number of aromatic amines is 1. The Bertz CT molecular complexity index is 1150. The van der Waals surface area contributed by atoms with E-state index in [0.717, 1.165) is 16.7 Å². The van der Waals surface area contributed by atoms with Gasteiger partial charge in [-0.05, 0) is 55.3 Å². The molecule has 3 rings (SSSR count). The molecule has 2 aromatic carbocycles. The Morgan fingerprint density at radius 3 is 2.23 bits per heavy atom. The Kier molecular flexibility index (Phi) is 6.70. The van der Waals surface area contributed by atoms with E-state index < -0.39 is 5.56 Å². The van der Waals surface area contributed by atoms with Gasteiger partial charge < -0.3 is 14.8 Å². The van der Waals surface area contributed by atoms with Crippen molar-refractivity contribution in [3.05, 3.63) is 93.3 Å². The van der Waals surface area contributed by atoms with E-state index in [-0.39, 0.29) is 17.4 Å². The van der Waals surface area contributed by atoms with E-state index in [4.69, 9.17) is 0 Å². The lowest BCUT2D eigenvalue weighted by atomic mass is 10.1. The molecule has 0 atom stereocenters. The van der Waals surface area contributed by atoms with Gasteiger partial charge in [0.25, 0.3) is 17.4 Å². The first-order chi connectivity index (χ1) is 14.8. The number of nitrogens with one attached hydrogen (secondary N) is 1. The van der Waals surface area contributed by atoms with Gasteiger partial charge in [0, 0.05) is 38.4 Å². The number of benzene rings is 2. The van der Waals surface area contributed by atoms with Gasteiger partial charge in [-0.1, -0.05) is 35.9 Å². The van der Waals surface area contributed by atoms with Gasteiger partial charge in [0.15, 0.2) is 0 Å². The van der Waals surface area contributed by atoms with Crippen molar-refractivity contribution in [3.8, 4) is 11.3 Å². The highest BCUT2D eigenvalue weighted by Gasteiger charge is 2.18. The minimum Gasteiger partial charge on any atom is -0.345 e. The summed E-state index contributed by atoms with van der Waals surface area (Å²) in [7, 11) is 3.41. The Hall–Kier alpha value is -3.67. The minimum atomic E-state index is -0.408. The first kappa shape index (κ1) is 22.0. The molecule has 0 spiro atoms. The van der Waals surface area contributed by atoms with Crippen LogP contribution in [0.15, 0.2) is 65.5 Å². The molecule has 6 nitrogen and oxygen atoms in total. The number of hydrogen-bond acceptors (Lipinski definition) is 3. The fraction of sp³-hybridized carbons (Fsp3) is 0.240. The maximum absolute atomic E-state index is 13.0. The lowest BCUT2D eigenvalue weighted by molar-refractivity contribution is 0.0749. The average Bonchev–Trinajstić information content (AvgIpc) is 2.76. The molecule has 160 valence electrons. The van der Waals surface area contributed by atoms with Crippen LogP contribution < -0.4 is 5.56 Å². The number of pyridine rings is 1. The van der Waals surface area contributed by atoms with Crippen molar-refractivity contribution in [3.63, 3.8) is 0 Å². The second-order valence-corrected chi connectivity index (χ2v) is 7.70. The number of carbonyl (C=O) groups is 2. The molecule has 1 aromatic heterocycles. The van der Waals surface area contributed by atoms with Crippen molar-refractivity contribution < 1.29 is 9.59 Å². The third kappa shape index (κ3) is 5.09. The van der Waals surface area contributed by atoms with E-state index in [9.17, 15) is 14.4 Å². The summed E-state index contributed by atoms with van der Waals surface area (Å²) in [6, 6.07) is 18.3. The third-order valence-corrected chi connectivity index (χ3v) is 5.12. The van der Waals surface area contributed by atoms with Crippen LogP contribution in [0.1, 0.15) is 38.8 Å². The van der Waals surface area contributed by atoms with Gasteiger partial charge in [-0.2, -0.15) is 0 Å². The fourth-order valence-electron chi connectivity index (χ4n) is 3.35. The van der Waals surface area contributed by atoms with Crippen molar-refractivity contribution in [2.24, 2.45) is 0 Å². The van der Waals surface area contributed by atoms with E-state index in [0.29, 0.717) is 24.3 Å². The largest absolute Gasteiger partial charge is 0.345 e. The van der Waals surface area contributed by atoms with E-state index in [1.54, 1.807) is 43.3 Å². The molecular weight excluding hydrogens is 390 g/mol. The summed E-state index contributed by atoms with van der Waals surface area (Å²) in [6.45, 7) is 4.67. The van der Waals surface area contributed by atoms with Gasteiger partial charge in [0.05, 0.1) is 0 Å². The topological polar surface area (TPSA) is 73.5 Å². The molecule has 6 heteroatoms. The standard InChI is InChI=1S/C25H27N3O3/c1-5-28(16-18-9-11-19(12-10-18)24(30)27(3)4)25(31)21-13-14-22(26-23(21)29)20-8-6-7-17(2)15-20/h6-15H,5,16H2,1-4H3,(H,26,29). The molecule has 31 heavy (non-hydrogen) atoms. The highest BCUT2D eigenvalue weighted by atomic mass is 16.2. The summed E-state index contributed by atoms with van der Waals surface area (Å²) < 4.78 is 0. The Morgan fingerprint density at radius 2 is 1.65 bits per heavy atom. The van der Waals surface area contributed by atoms with Crippen molar-refractivity contribution in [2.75, 3.05) is 20.6 Å². The number of aromatic nitrogens is 1. The van der Waals surface area contributed by atoms with Crippen LogP contribution in [0.4, 0.5) is 0 Å². The SMILES string of the molecule is CCN(Cc1ccc(C(=O)N(C)C)cc1)C(=O)c1ccc(-c2cccc(C)c2)[nH]c1=O. The molecule has 1 heterocycles. The molecule has 0 unspecified atom stereocenters. The van der Waals surface area contributed by atoms with Crippen molar-refractivity contribution in [2.45, 2.75) is 20.4 Å². The molecule has 2 amide bonds. The van der Waals surface area contributed by atoms with Crippen LogP contribution >= 0.6 is 0 Å². The average molecular weight is 418 g/mol. The molecule has 0 bridgehead atoms. The molecule has 0 aliphatic heterocycles. The number of hydrogen-bond donors (Lipinski definition) is 1. The predicted octanol–water partition coefficient (Wildman–Crippen LogP) is 3.71. The Labute approximate surface area is 182 Å². The van der Waals surface area contributed by atoms with Crippen LogP contribution in [0.3, 0.4) is 0 Å². The smallest absolute Gasteiger partial charge is 0.261 e. The maximum atomic E-state index is 13.0. The van der Waals surface area contributed by atoms with E-state index in [1.165, 1.54) is 4.90 Å². The van der Waals surface area contributed by atoms with E-state index in [1.807, 2.05) is 50.2 Å². The normalized spacial score (nSPS) is 10.6. The summed E-state index contributed by atoms with van der Waals surface area (Å²) >= 11 is 0. The fourth-order valence-corrected chi connectivity index (χ4v) is 3.35. The molecule has 3 aromatic rings. The van der Waals surface area contributed by atoms with Crippen molar-refractivity contribution >= 4 is 11.8 Å². The zero-order valence-electron chi connectivity index (χ0n) is 18.3. The molecular formula is C25H27N3O3. The monoisotopic (exact) mass is 417 g/mol. The van der Waals surface area contributed by atoms with Crippen LogP contribution in [-0.4, -0.2) is 47.2 Å². The molecule has 0 radical (unpaired) electrons.